The summed E-state index contributed by atoms with van der Waals surface area (Å²) in [5.41, 5.74) is 3.19. The van der Waals surface area contributed by atoms with E-state index in [4.69, 9.17) is 9.47 Å². The fourth-order valence-electron chi connectivity index (χ4n) is 4.44. The van der Waals surface area contributed by atoms with Crippen molar-refractivity contribution in [2.45, 2.75) is 71.0 Å². The number of hydrogen-bond acceptors (Lipinski definition) is 4. The monoisotopic (exact) mass is 436 g/mol. The van der Waals surface area contributed by atoms with Gasteiger partial charge in [-0.25, -0.2) is 0 Å². The normalized spacial score (nSPS) is 16.1. The highest BCUT2D eigenvalue weighted by atomic mass is 16.7. The maximum Gasteiger partial charge on any atom is 0.242 e. The molecule has 6 heteroatoms. The molecule has 2 aromatic carbocycles. The fraction of sp³-hybridized carbons (Fsp3) is 0.462. The molecule has 1 aliphatic carbocycles. The van der Waals surface area contributed by atoms with Gasteiger partial charge < -0.3 is 19.7 Å². The molecular formula is C26H32N2O4. The lowest BCUT2D eigenvalue weighted by Crippen LogP contribution is -2.49. The molecular weight excluding hydrogens is 404 g/mol. The van der Waals surface area contributed by atoms with Crippen molar-refractivity contribution in [3.05, 3.63) is 59.2 Å². The Morgan fingerprint density at radius 2 is 1.84 bits per heavy atom. The number of fused-ring (bicyclic) bond motifs is 1. The summed E-state index contributed by atoms with van der Waals surface area (Å²) in [5.74, 6) is 1.36. The van der Waals surface area contributed by atoms with Crippen LogP contribution in [0.1, 0.15) is 55.7 Å². The van der Waals surface area contributed by atoms with E-state index in [-0.39, 0.29) is 24.6 Å². The molecule has 0 unspecified atom stereocenters. The first-order valence-corrected chi connectivity index (χ1v) is 11.5. The molecule has 0 spiro atoms. The molecule has 4 rings (SSSR count). The summed E-state index contributed by atoms with van der Waals surface area (Å²) in [6.45, 7) is 4.52. The summed E-state index contributed by atoms with van der Waals surface area (Å²) < 4.78 is 10.8. The molecule has 32 heavy (non-hydrogen) atoms. The van der Waals surface area contributed by atoms with Crippen LogP contribution in [-0.2, 0) is 22.6 Å². The van der Waals surface area contributed by atoms with Gasteiger partial charge in [0.15, 0.2) is 11.5 Å². The first kappa shape index (κ1) is 22.2. The van der Waals surface area contributed by atoms with Crippen LogP contribution in [0.15, 0.2) is 42.5 Å². The number of benzene rings is 2. The van der Waals surface area contributed by atoms with Crippen LogP contribution in [0.4, 0.5) is 0 Å². The number of rotatable bonds is 8. The highest BCUT2D eigenvalue weighted by Crippen LogP contribution is 2.33. The Labute approximate surface area is 189 Å². The number of nitrogens with zero attached hydrogens (tertiary/aromatic N) is 1. The molecule has 0 aromatic heterocycles. The van der Waals surface area contributed by atoms with Crippen LogP contribution in [0.5, 0.6) is 11.5 Å². The first-order valence-electron chi connectivity index (χ1n) is 11.5. The topological polar surface area (TPSA) is 67.9 Å². The molecule has 1 aliphatic heterocycles. The van der Waals surface area contributed by atoms with Gasteiger partial charge in [0, 0.05) is 19.0 Å². The molecule has 2 aromatic rings. The molecule has 6 nitrogen and oxygen atoms in total. The minimum absolute atomic E-state index is 0.0278. The van der Waals surface area contributed by atoms with Crippen LogP contribution in [0.3, 0.4) is 0 Å². The standard InChI is InChI=1S/C26H32N2O4/c1-18-7-3-4-8-21(18)16-28(19(2)26(30)27-22-9-5-6-10-22)25(29)14-12-20-11-13-23-24(15-20)32-17-31-23/h3-4,7-8,11,13,15,19,22H,5-6,9-10,12,14,16-17H2,1-2H3,(H,27,30)/t19-/m0/s1. The van der Waals surface area contributed by atoms with Gasteiger partial charge >= 0.3 is 0 Å². The number of hydrogen-bond donors (Lipinski definition) is 1. The molecule has 1 fully saturated rings. The molecule has 2 aliphatic rings. The van der Waals surface area contributed by atoms with E-state index in [0.717, 1.165) is 53.9 Å². The second-order valence-electron chi connectivity index (χ2n) is 8.80. The third-order valence-electron chi connectivity index (χ3n) is 6.54. The zero-order valence-corrected chi connectivity index (χ0v) is 18.9. The highest BCUT2D eigenvalue weighted by Gasteiger charge is 2.28. The van der Waals surface area contributed by atoms with Crippen molar-refractivity contribution in [2.75, 3.05) is 6.79 Å². The molecule has 0 saturated heterocycles. The molecule has 0 radical (unpaired) electrons. The van der Waals surface area contributed by atoms with Gasteiger partial charge in [0.05, 0.1) is 0 Å². The Hall–Kier alpha value is -3.02. The third kappa shape index (κ3) is 5.23. The Bertz CT molecular complexity index is 968. The second-order valence-corrected chi connectivity index (χ2v) is 8.80. The van der Waals surface area contributed by atoms with E-state index in [9.17, 15) is 9.59 Å². The van der Waals surface area contributed by atoms with Crippen molar-refractivity contribution >= 4 is 11.8 Å². The Morgan fingerprint density at radius 3 is 2.62 bits per heavy atom. The van der Waals surface area contributed by atoms with Crippen LogP contribution >= 0.6 is 0 Å². The van der Waals surface area contributed by atoms with Crippen molar-refractivity contribution < 1.29 is 19.1 Å². The number of aryl methyl sites for hydroxylation is 2. The van der Waals surface area contributed by atoms with E-state index in [1.807, 2.05) is 56.3 Å². The summed E-state index contributed by atoms with van der Waals surface area (Å²) in [6, 6.07) is 13.5. The molecule has 170 valence electrons. The number of carbonyl (C=O) groups is 2. The van der Waals surface area contributed by atoms with Crippen LogP contribution in [0, 0.1) is 6.92 Å². The molecule has 1 heterocycles. The van der Waals surface area contributed by atoms with Gasteiger partial charge in [-0.3, -0.25) is 9.59 Å². The lowest BCUT2D eigenvalue weighted by Gasteiger charge is -2.30. The van der Waals surface area contributed by atoms with Crippen molar-refractivity contribution in [3.8, 4) is 11.5 Å². The minimum atomic E-state index is -0.528. The van der Waals surface area contributed by atoms with Gasteiger partial charge in [0.25, 0.3) is 0 Å². The van der Waals surface area contributed by atoms with Gasteiger partial charge in [0.2, 0.25) is 18.6 Å². The van der Waals surface area contributed by atoms with E-state index in [1.54, 1.807) is 4.90 Å². The van der Waals surface area contributed by atoms with E-state index in [2.05, 4.69) is 5.32 Å². The zero-order chi connectivity index (χ0) is 22.5. The molecule has 0 bridgehead atoms. The summed E-state index contributed by atoms with van der Waals surface area (Å²) >= 11 is 0. The summed E-state index contributed by atoms with van der Waals surface area (Å²) in [4.78, 5) is 28.0. The Morgan fingerprint density at radius 1 is 1.09 bits per heavy atom. The third-order valence-corrected chi connectivity index (χ3v) is 6.54. The number of amides is 2. The average molecular weight is 437 g/mol. The maximum atomic E-state index is 13.3. The van der Waals surface area contributed by atoms with E-state index < -0.39 is 6.04 Å². The van der Waals surface area contributed by atoms with E-state index in [1.165, 1.54) is 0 Å². The SMILES string of the molecule is Cc1ccccc1CN(C(=O)CCc1ccc2c(c1)OCO2)[C@@H](C)C(=O)NC1CCCC1. The van der Waals surface area contributed by atoms with E-state index in [0.29, 0.717) is 19.4 Å². The van der Waals surface area contributed by atoms with Gasteiger partial charge in [-0.1, -0.05) is 43.2 Å². The quantitative estimate of drug-likeness (QED) is 0.676. The number of carbonyl (C=O) groups excluding carboxylic acids is 2. The van der Waals surface area contributed by atoms with Gasteiger partial charge in [-0.2, -0.15) is 0 Å². The summed E-state index contributed by atoms with van der Waals surface area (Å²) in [7, 11) is 0. The predicted octanol–water partition coefficient (Wildman–Crippen LogP) is 4.13. The predicted molar refractivity (Wildman–Crippen MR) is 122 cm³/mol. The summed E-state index contributed by atoms with van der Waals surface area (Å²) in [6.07, 6.45) is 5.26. The van der Waals surface area contributed by atoms with Crippen LogP contribution in [0.25, 0.3) is 0 Å². The van der Waals surface area contributed by atoms with Gasteiger partial charge in [-0.15, -0.1) is 0 Å². The Balaban J connectivity index is 1.46. The summed E-state index contributed by atoms with van der Waals surface area (Å²) in [5, 5.41) is 3.15. The van der Waals surface area contributed by atoms with E-state index >= 15 is 0 Å². The largest absolute Gasteiger partial charge is 0.454 e. The van der Waals surface area contributed by atoms with Crippen LogP contribution < -0.4 is 14.8 Å². The molecule has 1 N–H and O–H groups in total. The molecule has 1 saturated carbocycles. The lowest BCUT2D eigenvalue weighted by atomic mass is 10.0. The van der Waals surface area contributed by atoms with Gasteiger partial charge in [0.1, 0.15) is 6.04 Å². The van der Waals surface area contributed by atoms with Crippen LogP contribution in [0.2, 0.25) is 0 Å². The van der Waals surface area contributed by atoms with Crippen LogP contribution in [-0.4, -0.2) is 35.6 Å². The Kier molecular flexibility index (Phi) is 6.98. The minimum Gasteiger partial charge on any atom is -0.454 e. The lowest BCUT2D eigenvalue weighted by molar-refractivity contribution is -0.140. The first-order chi connectivity index (χ1) is 15.5. The van der Waals surface area contributed by atoms with Crippen molar-refractivity contribution in [1.82, 2.24) is 10.2 Å². The molecule has 2 amide bonds. The second kappa shape index (κ2) is 10.1. The zero-order valence-electron chi connectivity index (χ0n) is 18.9. The van der Waals surface area contributed by atoms with Crippen molar-refractivity contribution in [3.63, 3.8) is 0 Å². The smallest absolute Gasteiger partial charge is 0.242 e. The van der Waals surface area contributed by atoms with Crippen molar-refractivity contribution in [1.29, 1.82) is 0 Å². The average Bonchev–Trinajstić information content (AvgIpc) is 3.48. The number of ether oxygens (including phenoxy) is 2. The number of nitrogens with one attached hydrogen (secondary N) is 1. The highest BCUT2D eigenvalue weighted by molar-refractivity contribution is 5.87. The van der Waals surface area contributed by atoms with Crippen molar-refractivity contribution in [2.24, 2.45) is 0 Å². The molecule has 1 atom stereocenters. The fourth-order valence-corrected chi connectivity index (χ4v) is 4.44. The maximum absolute atomic E-state index is 13.3. The van der Waals surface area contributed by atoms with Gasteiger partial charge in [-0.05, 0) is 61.9 Å².